The van der Waals surface area contributed by atoms with Gasteiger partial charge in [-0.3, -0.25) is 0 Å². The second-order valence-electron chi connectivity index (χ2n) is 4.54. The van der Waals surface area contributed by atoms with E-state index in [1.165, 1.54) is 19.3 Å². The topological polar surface area (TPSA) is 0 Å². The number of rotatable bonds is 1. The molecule has 0 spiro atoms. The molecular formula is C11H18. The van der Waals surface area contributed by atoms with E-state index in [-0.39, 0.29) is 0 Å². The van der Waals surface area contributed by atoms with Crippen molar-refractivity contribution >= 4 is 0 Å². The van der Waals surface area contributed by atoms with Crippen molar-refractivity contribution in [1.29, 1.82) is 0 Å². The minimum absolute atomic E-state index is 0.822. The largest absolute Gasteiger partial charge is 0.0702 e. The maximum atomic E-state index is 2.42. The summed E-state index contributed by atoms with van der Waals surface area (Å²) in [5, 5.41) is 0. The molecule has 2 atom stereocenters. The maximum absolute atomic E-state index is 2.42. The van der Waals surface area contributed by atoms with E-state index in [0.717, 1.165) is 17.8 Å². The predicted octanol–water partition coefficient (Wildman–Crippen LogP) is 3.39. The van der Waals surface area contributed by atoms with E-state index in [2.05, 4.69) is 20.8 Å². The molecule has 0 aromatic rings. The summed E-state index contributed by atoms with van der Waals surface area (Å²) in [7, 11) is 0. The summed E-state index contributed by atoms with van der Waals surface area (Å²) in [5.74, 6) is 2.77. The standard InChI is InChI=1S/C11H18/c1-7(2)11-9-4-5-10(11)8(3)6-9/h7-8,10H,4-6H2,1-3H3. The zero-order chi connectivity index (χ0) is 8.01. The Morgan fingerprint density at radius 2 is 2.09 bits per heavy atom. The molecular weight excluding hydrogens is 132 g/mol. The summed E-state index contributed by atoms with van der Waals surface area (Å²) < 4.78 is 0. The van der Waals surface area contributed by atoms with Gasteiger partial charge in [0.05, 0.1) is 0 Å². The third-order valence-electron chi connectivity index (χ3n) is 3.44. The number of fused-ring (bicyclic) bond motifs is 1. The Kier molecular flexibility index (Phi) is 1.59. The van der Waals surface area contributed by atoms with Crippen molar-refractivity contribution in [3.8, 4) is 0 Å². The molecule has 0 radical (unpaired) electrons. The molecule has 0 saturated carbocycles. The Bertz CT molecular complexity index is 198. The Labute approximate surface area is 69.7 Å². The monoisotopic (exact) mass is 150 g/mol. The SMILES string of the molecule is CC(C)C1=C2CCC1C(C)C2. The van der Waals surface area contributed by atoms with Gasteiger partial charge in [-0.05, 0) is 37.0 Å². The van der Waals surface area contributed by atoms with E-state index < -0.39 is 0 Å². The van der Waals surface area contributed by atoms with Gasteiger partial charge in [-0.15, -0.1) is 0 Å². The molecule has 0 aliphatic heterocycles. The highest BCUT2D eigenvalue weighted by molar-refractivity contribution is 5.30. The fourth-order valence-electron chi connectivity index (χ4n) is 3.07. The molecule has 11 heavy (non-hydrogen) atoms. The molecule has 0 amide bonds. The van der Waals surface area contributed by atoms with Gasteiger partial charge < -0.3 is 0 Å². The van der Waals surface area contributed by atoms with Crippen LogP contribution in [0.15, 0.2) is 11.1 Å². The van der Waals surface area contributed by atoms with Gasteiger partial charge in [0.2, 0.25) is 0 Å². The predicted molar refractivity (Wildman–Crippen MR) is 48.4 cm³/mol. The third kappa shape index (κ3) is 0.953. The molecule has 0 nitrogen and oxygen atoms in total. The summed E-state index contributed by atoms with van der Waals surface area (Å²) in [6, 6.07) is 0. The van der Waals surface area contributed by atoms with Gasteiger partial charge in [-0.1, -0.05) is 31.9 Å². The Hall–Kier alpha value is -0.260. The van der Waals surface area contributed by atoms with Crippen LogP contribution in [0.25, 0.3) is 0 Å². The summed E-state index contributed by atoms with van der Waals surface area (Å²) in [4.78, 5) is 0. The number of hydrogen-bond acceptors (Lipinski definition) is 0. The van der Waals surface area contributed by atoms with Crippen LogP contribution in [0.2, 0.25) is 0 Å². The first-order valence-corrected chi connectivity index (χ1v) is 4.92. The van der Waals surface area contributed by atoms with Crippen molar-refractivity contribution in [1.82, 2.24) is 0 Å². The van der Waals surface area contributed by atoms with Crippen molar-refractivity contribution in [2.24, 2.45) is 17.8 Å². The summed E-state index contributed by atoms with van der Waals surface area (Å²) in [6.07, 6.45) is 4.30. The molecule has 2 aliphatic rings. The van der Waals surface area contributed by atoms with Gasteiger partial charge in [-0.25, -0.2) is 0 Å². The lowest BCUT2D eigenvalue weighted by Crippen LogP contribution is -2.10. The number of hydrogen-bond donors (Lipinski definition) is 0. The molecule has 0 fully saturated rings. The van der Waals surface area contributed by atoms with E-state index >= 15 is 0 Å². The van der Waals surface area contributed by atoms with Crippen LogP contribution in [-0.4, -0.2) is 0 Å². The van der Waals surface area contributed by atoms with E-state index in [1.807, 2.05) is 11.1 Å². The van der Waals surface area contributed by atoms with Gasteiger partial charge in [0.1, 0.15) is 0 Å². The van der Waals surface area contributed by atoms with Gasteiger partial charge >= 0.3 is 0 Å². The first kappa shape index (κ1) is 7.39. The van der Waals surface area contributed by atoms with E-state index in [1.54, 1.807) is 0 Å². The average Bonchev–Trinajstić information content (AvgIpc) is 2.41. The van der Waals surface area contributed by atoms with Gasteiger partial charge in [0.15, 0.2) is 0 Å². The van der Waals surface area contributed by atoms with E-state index in [9.17, 15) is 0 Å². The van der Waals surface area contributed by atoms with Gasteiger partial charge in [0, 0.05) is 0 Å². The maximum Gasteiger partial charge on any atom is -0.0166 e. The quantitative estimate of drug-likeness (QED) is 0.503. The highest BCUT2D eigenvalue weighted by Crippen LogP contribution is 2.50. The molecule has 0 saturated heterocycles. The number of allylic oxidation sites excluding steroid dienone is 2. The minimum atomic E-state index is 0.822. The van der Waals surface area contributed by atoms with Crippen LogP contribution in [0, 0.1) is 17.8 Å². The molecule has 2 unspecified atom stereocenters. The van der Waals surface area contributed by atoms with Crippen LogP contribution in [-0.2, 0) is 0 Å². The van der Waals surface area contributed by atoms with Crippen LogP contribution >= 0.6 is 0 Å². The second-order valence-corrected chi connectivity index (χ2v) is 4.54. The van der Waals surface area contributed by atoms with Crippen LogP contribution < -0.4 is 0 Å². The molecule has 2 bridgehead atoms. The van der Waals surface area contributed by atoms with Gasteiger partial charge in [0.25, 0.3) is 0 Å². The molecule has 62 valence electrons. The zero-order valence-corrected chi connectivity index (χ0v) is 7.85. The lowest BCUT2D eigenvalue weighted by molar-refractivity contribution is 0.383. The first-order chi connectivity index (χ1) is 5.20. The van der Waals surface area contributed by atoms with E-state index in [4.69, 9.17) is 0 Å². The second kappa shape index (κ2) is 2.36. The highest BCUT2D eigenvalue weighted by Gasteiger charge is 2.37. The Morgan fingerprint density at radius 3 is 2.36 bits per heavy atom. The van der Waals surface area contributed by atoms with Crippen LogP contribution in [0.1, 0.15) is 40.0 Å². The minimum Gasteiger partial charge on any atom is -0.0702 e. The smallest absolute Gasteiger partial charge is 0.0166 e. The highest BCUT2D eigenvalue weighted by atomic mass is 14.4. The molecule has 0 heteroatoms. The summed E-state index contributed by atoms with van der Waals surface area (Å²) >= 11 is 0. The Balaban J connectivity index is 2.26. The molecule has 2 aliphatic carbocycles. The van der Waals surface area contributed by atoms with Crippen molar-refractivity contribution in [3.05, 3.63) is 11.1 Å². The lowest BCUT2D eigenvalue weighted by Gasteiger charge is -2.20. The normalized spacial score (nSPS) is 36.0. The van der Waals surface area contributed by atoms with Crippen molar-refractivity contribution in [2.45, 2.75) is 40.0 Å². The molecule has 0 heterocycles. The van der Waals surface area contributed by atoms with Crippen molar-refractivity contribution in [2.75, 3.05) is 0 Å². The van der Waals surface area contributed by atoms with E-state index in [0.29, 0.717) is 0 Å². The molecule has 0 aromatic heterocycles. The van der Waals surface area contributed by atoms with Crippen molar-refractivity contribution in [3.63, 3.8) is 0 Å². The zero-order valence-electron chi connectivity index (χ0n) is 7.85. The summed E-state index contributed by atoms with van der Waals surface area (Å²) in [6.45, 7) is 7.12. The van der Waals surface area contributed by atoms with Gasteiger partial charge in [-0.2, -0.15) is 0 Å². The fourth-order valence-corrected chi connectivity index (χ4v) is 3.07. The lowest BCUT2D eigenvalue weighted by atomic mass is 9.85. The summed E-state index contributed by atoms with van der Waals surface area (Å²) in [5.41, 5.74) is 3.65. The first-order valence-electron chi connectivity index (χ1n) is 4.92. The van der Waals surface area contributed by atoms with Crippen LogP contribution in [0.3, 0.4) is 0 Å². The molecule has 2 rings (SSSR count). The molecule has 0 N–H and O–H groups in total. The van der Waals surface area contributed by atoms with Crippen molar-refractivity contribution < 1.29 is 0 Å². The fraction of sp³-hybridized carbons (Fsp3) is 0.818. The molecule has 0 aromatic carbocycles. The Morgan fingerprint density at radius 1 is 1.36 bits per heavy atom. The van der Waals surface area contributed by atoms with Crippen LogP contribution in [0.4, 0.5) is 0 Å². The average molecular weight is 150 g/mol. The third-order valence-corrected chi connectivity index (χ3v) is 3.44. The van der Waals surface area contributed by atoms with Crippen LogP contribution in [0.5, 0.6) is 0 Å².